The van der Waals surface area contributed by atoms with E-state index < -0.39 is 5.69 Å². The van der Waals surface area contributed by atoms with E-state index in [9.17, 15) is 14.4 Å². The number of benzene rings is 2. The monoisotopic (exact) mass is 477 g/mol. The van der Waals surface area contributed by atoms with Crippen molar-refractivity contribution in [3.63, 3.8) is 0 Å². The number of fused-ring (bicyclic) bond motifs is 2. The van der Waals surface area contributed by atoms with Gasteiger partial charge in [0.2, 0.25) is 12.7 Å². The summed E-state index contributed by atoms with van der Waals surface area (Å²) in [5.74, 6) is 1.03. The first-order chi connectivity index (χ1) is 16.5. The van der Waals surface area contributed by atoms with E-state index in [4.69, 9.17) is 9.47 Å². The summed E-state index contributed by atoms with van der Waals surface area (Å²) in [6.07, 6.45) is 0. The van der Waals surface area contributed by atoms with Crippen LogP contribution < -0.4 is 20.7 Å². The third kappa shape index (κ3) is 4.10. The summed E-state index contributed by atoms with van der Waals surface area (Å²) in [5, 5.41) is 1.76. The van der Waals surface area contributed by atoms with Crippen LogP contribution in [0.25, 0.3) is 10.2 Å². The number of rotatable bonds is 7. The predicted octanol–water partition coefficient (Wildman–Crippen LogP) is 3.05. The maximum Gasteiger partial charge on any atom is 0.332 e. The average molecular weight is 478 g/mol. The number of carbonyl (C=O) groups is 1. The van der Waals surface area contributed by atoms with Crippen molar-refractivity contribution < 1.29 is 14.3 Å². The number of amides is 1. The molecular formula is C25H23N3O5S. The Kier molecular flexibility index (Phi) is 5.93. The van der Waals surface area contributed by atoms with Crippen LogP contribution in [0.1, 0.15) is 18.1 Å². The van der Waals surface area contributed by atoms with Crippen molar-refractivity contribution in [3.05, 3.63) is 91.9 Å². The van der Waals surface area contributed by atoms with Gasteiger partial charge in [-0.05, 0) is 41.6 Å². The topological polar surface area (TPSA) is 82.8 Å². The summed E-state index contributed by atoms with van der Waals surface area (Å²) >= 11 is 1.26. The van der Waals surface area contributed by atoms with E-state index in [0.717, 1.165) is 11.1 Å². The molecule has 0 bridgehead atoms. The molecule has 4 aromatic rings. The van der Waals surface area contributed by atoms with E-state index in [1.807, 2.05) is 37.3 Å². The van der Waals surface area contributed by atoms with Gasteiger partial charge in [-0.3, -0.25) is 18.7 Å². The molecule has 0 fully saturated rings. The Balaban J connectivity index is 1.49. The Morgan fingerprint density at radius 3 is 2.59 bits per heavy atom. The van der Waals surface area contributed by atoms with Crippen LogP contribution in [0.4, 0.5) is 0 Å². The molecule has 34 heavy (non-hydrogen) atoms. The van der Waals surface area contributed by atoms with E-state index in [-0.39, 0.29) is 31.3 Å². The third-order valence-electron chi connectivity index (χ3n) is 5.86. The molecule has 0 atom stereocenters. The minimum Gasteiger partial charge on any atom is -0.454 e. The number of thiophene rings is 1. The number of hydrogen-bond donors (Lipinski definition) is 0. The zero-order chi connectivity index (χ0) is 23.7. The van der Waals surface area contributed by atoms with Gasteiger partial charge in [0, 0.05) is 13.1 Å². The highest BCUT2D eigenvalue weighted by molar-refractivity contribution is 7.17. The van der Waals surface area contributed by atoms with E-state index in [2.05, 4.69) is 0 Å². The van der Waals surface area contributed by atoms with Crippen LogP contribution in [-0.2, 0) is 24.4 Å². The second-order valence-electron chi connectivity index (χ2n) is 7.98. The predicted molar refractivity (Wildman–Crippen MR) is 130 cm³/mol. The van der Waals surface area contributed by atoms with E-state index in [0.29, 0.717) is 34.8 Å². The van der Waals surface area contributed by atoms with Crippen LogP contribution in [-0.4, -0.2) is 33.3 Å². The molecule has 0 aliphatic carbocycles. The molecule has 0 saturated carbocycles. The van der Waals surface area contributed by atoms with Gasteiger partial charge in [-0.2, -0.15) is 0 Å². The van der Waals surface area contributed by atoms with Crippen molar-refractivity contribution >= 4 is 27.5 Å². The van der Waals surface area contributed by atoms with Crippen molar-refractivity contribution in [1.29, 1.82) is 0 Å². The Morgan fingerprint density at radius 2 is 1.79 bits per heavy atom. The summed E-state index contributed by atoms with van der Waals surface area (Å²) in [5.41, 5.74) is 1.34. The molecule has 0 radical (unpaired) electrons. The zero-order valence-corrected chi connectivity index (χ0v) is 19.4. The minimum absolute atomic E-state index is 0.0673. The molecule has 3 heterocycles. The Labute approximate surface area is 199 Å². The van der Waals surface area contributed by atoms with Crippen molar-refractivity contribution in [2.75, 3.05) is 13.3 Å². The zero-order valence-electron chi connectivity index (χ0n) is 18.6. The second kappa shape index (κ2) is 9.18. The second-order valence-corrected chi connectivity index (χ2v) is 8.89. The normalized spacial score (nSPS) is 12.3. The van der Waals surface area contributed by atoms with Gasteiger partial charge < -0.3 is 14.4 Å². The fraction of sp³-hybridized carbons (Fsp3) is 0.240. The Morgan fingerprint density at radius 1 is 1.00 bits per heavy atom. The number of likely N-dealkylation sites (N-methyl/N-ethyl adjacent to an activating group) is 1. The van der Waals surface area contributed by atoms with Crippen molar-refractivity contribution in [3.8, 4) is 11.5 Å². The minimum atomic E-state index is -0.516. The maximum absolute atomic E-state index is 13.4. The largest absolute Gasteiger partial charge is 0.454 e. The van der Waals surface area contributed by atoms with Gasteiger partial charge in [0.1, 0.15) is 11.2 Å². The molecule has 1 aliphatic rings. The van der Waals surface area contributed by atoms with Gasteiger partial charge in [0.15, 0.2) is 11.5 Å². The molecule has 0 N–H and O–H groups in total. The first-order valence-electron chi connectivity index (χ1n) is 11.0. The standard InChI is InChI=1S/C25H23N3O5S/c1-2-26(13-17-6-4-3-5-7-17)22(29)15-27-19-10-11-34-23(19)24(30)28(25(27)31)14-18-8-9-20-21(12-18)33-16-32-20/h3-12H,2,13-16H2,1H3. The van der Waals surface area contributed by atoms with Crippen LogP contribution in [0.15, 0.2) is 69.6 Å². The van der Waals surface area contributed by atoms with E-state index in [1.54, 1.807) is 34.5 Å². The van der Waals surface area contributed by atoms with Gasteiger partial charge in [0.05, 0.1) is 12.1 Å². The molecule has 1 amide bonds. The molecule has 0 spiro atoms. The van der Waals surface area contributed by atoms with Gasteiger partial charge >= 0.3 is 5.69 Å². The number of aromatic nitrogens is 2. The average Bonchev–Trinajstić information content (AvgIpc) is 3.53. The molecule has 1 aliphatic heterocycles. The molecular weight excluding hydrogens is 454 g/mol. The molecule has 8 nitrogen and oxygen atoms in total. The van der Waals surface area contributed by atoms with Crippen LogP contribution in [0.3, 0.4) is 0 Å². The summed E-state index contributed by atoms with van der Waals surface area (Å²) in [4.78, 5) is 41.5. The van der Waals surface area contributed by atoms with E-state index >= 15 is 0 Å². The Bertz CT molecular complexity index is 1470. The van der Waals surface area contributed by atoms with Crippen LogP contribution in [0.2, 0.25) is 0 Å². The number of carbonyl (C=O) groups excluding carboxylic acids is 1. The first-order valence-corrected chi connectivity index (χ1v) is 11.8. The number of nitrogens with zero attached hydrogens (tertiary/aromatic N) is 3. The van der Waals surface area contributed by atoms with Gasteiger partial charge in [-0.15, -0.1) is 11.3 Å². The highest BCUT2D eigenvalue weighted by atomic mass is 32.1. The number of hydrogen-bond acceptors (Lipinski definition) is 6. The molecule has 2 aromatic heterocycles. The third-order valence-corrected chi connectivity index (χ3v) is 6.75. The lowest BCUT2D eigenvalue weighted by molar-refractivity contribution is -0.132. The molecule has 174 valence electrons. The lowest BCUT2D eigenvalue weighted by atomic mass is 10.2. The van der Waals surface area contributed by atoms with Crippen LogP contribution >= 0.6 is 11.3 Å². The molecule has 9 heteroatoms. The highest BCUT2D eigenvalue weighted by Crippen LogP contribution is 2.32. The summed E-state index contributed by atoms with van der Waals surface area (Å²) in [6, 6.07) is 16.8. The maximum atomic E-state index is 13.4. The van der Waals surface area contributed by atoms with Gasteiger partial charge in [-0.25, -0.2) is 4.79 Å². The quantitative estimate of drug-likeness (QED) is 0.409. The molecule has 5 rings (SSSR count). The van der Waals surface area contributed by atoms with Crippen molar-refractivity contribution in [2.24, 2.45) is 0 Å². The van der Waals surface area contributed by atoms with Crippen molar-refractivity contribution in [1.82, 2.24) is 14.0 Å². The smallest absolute Gasteiger partial charge is 0.332 e. The number of ether oxygens (including phenoxy) is 2. The van der Waals surface area contributed by atoms with Gasteiger partial charge in [0.25, 0.3) is 5.56 Å². The van der Waals surface area contributed by atoms with Gasteiger partial charge in [-0.1, -0.05) is 36.4 Å². The fourth-order valence-electron chi connectivity index (χ4n) is 4.06. The summed E-state index contributed by atoms with van der Waals surface area (Å²) in [6.45, 7) is 2.93. The summed E-state index contributed by atoms with van der Waals surface area (Å²) in [7, 11) is 0. The van der Waals surface area contributed by atoms with E-state index in [1.165, 1.54) is 20.5 Å². The SMILES string of the molecule is CCN(Cc1ccccc1)C(=O)Cn1c(=O)n(Cc2ccc3c(c2)OCO3)c(=O)c2sccc21. The van der Waals surface area contributed by atoms with Crippen molar-refractivity contribution in [2.45, 2.75) is 26.6 Å². The lowest BCUT2D eigenvalue weighted by Gasteiger charge is -2.22. The highest BCUT2D eigenvalue weighted by Gasteiger charge is 2.20. The first kappa shape index (κ1) is 22.0. The lowest BCUT2D eigenvalue weighted by Crippen LogP contribution is -2.43. The Hall–Kier alpha value is -3.85. The van der Waals surface area contributed by atoms with Crippen LogP contribution in [0.5, 0.6) is 11.5 Å². The molecule has 2 aromatic carbocycles. The van der Waals surface area contributed by atoms with Crippen LogP contribution in [0, 0.1) is 0 Å². The summed E-state index contributed by atoms with van der Waals surface area (Å²) < 4.78 is 13.8. The fourth-order valence-corrected chi connectivity index (χ4v) is 4.91. The molecule has 0 unspecified atom stereocenters. The molecule has 0 saturated heterocycles.